The highest BCUT2D eigenvalue weighted by atomic mass is 35.5. The van der Waals surface area contributed by atoms with Crippen LogP contribution in [0.2, 0.25) is 5.02 Å². The first kappa shape index (κ1) is 12.3. The number of carbonyl (C=O) groups is 1. The number of hydrogen-bond donors (Lipinski definition) is 0. The van der Waals surface area contributed by atoms with E-state index in [-0.39, 0.29) is 5.97 Å². The molecule has 1 aliphatic rings. The molecule has 0 unspecified atom stereocenters. The van der Waals surface area contributed by atoms with Crippen LogP contribution in [0.25, 0.3) is 5.76 Å². The van der Waals surface area contributed by atoms with E-state index >= 15 is 0 Å². The maximum Gasteiger partial charge on any atom is 0.344 e. The van der Waals surface area contributed by atoms with Gasteiger partial charge in [-0.1, -0.05) is 41.6 Å². The van der Waals surface area contributed by atoms with Gasteiger partial charge in [-0.15, -0.1) is 0 Å². The highest BCUT2D eigenvalue weighted by Gasteiger charge is 2.25. The van der Waals surface area contributed by atoms with Gasteiger partial charge in [0.1, 0.15) is 5.76 Å². The van der Waals surface area contributed by atoms with Crippen molar-refractivity contribution in [2.24, 2.45) is 0 Å². The molecule has 1 aliphatic heterocycles. The van der Waals surface area contributed by atoms with Crippen LogP contribution in [-0.4, -0.2) is 5.97 Å². The Morgan fingerprint density at radius 1 is 1.00 bits per heavy atom. The third-order valence-electron chi connectivity index (χ3n) is 2.73. The molecule has 19 heavy (non-hydrogen) atoms. The van der Waals surface area contributed by atoms with E-state index < -0.39 is 0 Å². The zero-order valence-corrected chi connectivity index (χ0v) is 11.4. The predicted octanol–water partition coefficient (Wildman–Crippen LogP) is 4.60. The third kappa shape index (κ3) is 2.53. The normalized spacial score (nSPS) is 15.4. The lowest BCUT2D eigenvalue weighted by molar-refractivity contribution is 0.0716. The van der Waals surface area contributed by atoms with Gasteiger partial charge in [0.2, 0.25) is 0 Å². The van der Waals surface area contributed by atoms with Crippen molar-refractivity contribution in [3.8, 4) is 0 Å². The molecule has 2 aromatic carbocycles. The SMILES string of the molecule is O=C1O/C(=C\Sc2ccc(Cl)cc2)c2ccccc21. The number of halogens is 1. The Bertz CT molecular complexity index is 662. The highest BCUT2D eigenvalue weighted by molar-refractivity contribution is 8.02. The summed E-state index contributed by atoms with van der Waals surface area (Å²) >= 11 is 7.33. The second kappa shape index (κ2) is 5.11. The van der Waals surface area contributed by atoms with Gasteiger partial charge in [-0.25, -0.2) is 4.79 Å². The Morgan fingerprint density at radius 2 is 1.68 bits per heavy atom. The van der Waals surface area contributed by atoms with E-state index in [0.29, 0.717) is 16.3 Å². The number of ether oxygens (including phenoxy) is 1. The lowest BCUT2D eigenvalue weighted by Crippen LogP contribution is -1.92. The van der Waals surface area contributed by atoms with Gasteiger partial charge in [0, 0.05) is 20.9 Å². The molecule has 4 heteroatoms. The Kier molecular flexibility index (Phi) is 3.32. The molecular weight excluding hydrogens is 280 g/mol. The average Bonchev–Trinajstić information content (AvgIpc) is 2.76. The summed E-state index contributed by atoms with van der Waals surface area (Å²) in [5.74, 6) is 0.305. The van der Waals surface area contributed by atoms with Gasteiger partial charge < -0.3 is 4.74 Å². The topological polar surface area (TPSA) is 26.3 Å². The minimum absolute atomic E-state index is 0.293. The first-order valence-electron chi connectivity index (χ1n) is 5.68. The molecule has 0 N–H and O–H groups in total. The van der Waals surface area contributed by atoms with Gasteiger partial charge in [-0.3, -0.25) is 0 Å². The molecule has 0 saturated heterocycles. The number of thioether (sulfide) groups is 1. The first-order chi connectivity index (χ1) is 9.24. The van der Waals surface area contributed by atoms with E-state index in [9.17, 15) is 4.79 Å². The summed E-state index contributed by atoms with van der Waals surface area (Å²) in [7, 11) is 0. The van der Waals surface area contributed by atoms with Crippen LogP contribution in [0.4, 0.5) is 0 Å². The Balaban J connectivity index is 1.86. The summed E-state index contributed by atoms with van der Waals surface area (Å²) in [6.45, 7) is 0. The standard InChI is InChI=1S/C15H9ClO2S/c16-10-5-7-11(8-6-10)19-9-14-12-3-1-2-4-13(12)15(17)18-14/h1-9H/b14-9-. The highest BCUT2D eigenvalue weighted by Crippen LogP contribution is 2.33. The molecule has 0 atom stereocenters. The maximum absolute atomic E-state index is 11.6. The smallest absolute Gasteiger partial charge is 0.344 e. The summed E-state index contributed by atoms with van der Waals surface area (Å²) in [4.78, 5) is 12.7. The van der Waals surface area contributed by atoms with Crippen LogP contribution in [0.1, 0.15) is 15.9 Å². The fraction of sp³-hybridized carbons (Fsp3) is 0. The Labute approximate surface area is 120 Å². The van der Waals surface area contributed by atoms with Gasteiger partial charge in [-0.05, 0) is 30.3 Å². The molecule has 3 rings (SSSR count). The van der Waals surface area contributed by atoms with Crippen molar-refractivity contribution >= 4 is 35.1 Å². The van der Waals surface area contributed by atoms with Crippen LogP contribution < -0.4 is 0 Å². The summed E-state index contributed by atoms with van der Waals surface area (Å²) in [5.41, 5.74) is 1.46. The van der Waals surface area contributed by atoms with E-state index in [0.717, 1.165) is 10.5 Å². The zero-order valence-electron chi connectivity index (χ0n) is 9.80. The zero-order chi connectivity index (χ0) is 13.2. The number of hydrogen-bond acceptors (Lipinski definition) is 3. The number of esters is 1. The van der Waals surface area contributed by atoms with E-state index in [4.69, 9.17) is 16.3 Å². The minimum Gasteiger partial charge on any atom is -0.422 e. The number of carbonyl (C=O) groups excluding carboxylic acids is 1. The molecule has 1 heterocycles. The molecule has 0 amide bonds. The van der Waals surface area contributed by atoms with Crippen molar-refractivity contribution in [3.05, 3.63) is 70.1 Å². The van der Waals surface area contributed by atoms with Crippen LogP contribution in [0.15, 0.2) is 58.8 Å². The van der Waals surface area contributed by atoms with Crippen LogP contribution >= 0.6 is 23.4 Å². The second-order valence-electron chi connectivity index (χ2n) is 3.99. The van der Waals surface area contributed by atoms with Crippen molar-refractivity contribution in [3.63, 3.8) is 0 Å². The lowest BCUT2D eigenvalue weighted by atomic mass is 10.1. The summed E-state index contributed by atoms with van der Waals surface area (Å²) < 4.78 is 5.25. The number of cyclic esters (lactones) is 1. The van der Waals surface area contributed by atoms with Gasteiger partial charge in [0.25, 0.3) is 0 Å². The largest absolute Gasteiger partial charge is 0.422 e. The second-order valence-corrected chi connectivity index (χ2v) is 5.37. The quantitative estimate of drug-likeness (QED) is 0.597. The van der Waals surface area contributed by atoms with Crippen LogP contribution in [0.3, 0.4) is 0 Å². The molecule has 0 radical (unpaired) electrons. The molecule has 2 aromatic rings. The third-order valence-corrected chi connectivity index (χ3v) is 3.86. The average molecular weight is 289 g/mol. The van der Waals surface area contributed by atoms with Gasteiger partial charge in [0.15, 0.2) is 0 Å². The predicted molar refractivity (Wildman–Crippen MR) is 77.1 cm³/mol. The minimum atomic E-state index is -0.293. The van der Waals surface area contributed by atoms with Crippen molar-refractivity contribution in [1.82, 2.24) is 0 Å². The molecule has 94 valence electrons. The van der Waals surface area contributed by atoms with Crippen molar-refractivity contribution in [2.75, 3.05) is 0 Å². The summed E-state index contributed by atoms with van der Waals surface area (Å²) in [5, 5.41) is 2.54. The van der Waals surface area contributed by atoms with Gasteiger partial charge in [0.05, 0.1) is 5.56 Å². The van der Waals surface area contributed by atoms with Gasteiger partial charge in [-0.2, -0.15) is 0 Å². The first-order valence-corrected chi connectivity index (χ1v) is 6.94. The van der Waals surface area contributed by atoms with Crippen LogP contribution in [0, 0.1) is 0 Å². The number of fused-ring (bicyclic) bond motifs is 1. The number of benzene rings is 2. The van der Waals surface area contributed by atoms with Crippen molar-refractivity contribution in [2.45, 2.75) is 4.90 Å². The molecule has 0 bridgehead atoms. The number of rotatable bonds is 2. The fourth-order valence-electron chi connectivity index (χ4n) is 1.81. The van der Waals surface area contributed by atoms with E-state index in [2.05, 4.69) is 0 Å². The molecule has 0 saturated carbocycles. The maximum atomic E-state index is 11.6. The van der Waals surface area contributed by atoms with Crippen LogP contribution in [-0.2, 0) is 4.74 Å². The summed E-state index contributed by atoms with van der Waals surface area (Å²) in [6.07, 6.45) is 0. The van der Waals surface area contributed by atoms with Crippen LogP contribution in [0.5, 0.6) is 0 Å². The monoisotopic (exact) mass is 288 g/mol. The van der Waals surface area contributed by atoms with Crippen molar-refractivity contribution in [1.29, 1.82) is 0 Å². The molecule has 2 nitrogen and oxygen atoms in total. The molecule has 0 fully saturated rings. The van der Waals surface area contributed by atoms with E-state index in [1.54, 1.807) is 6.07 Å². The molecular formula is C15H9ClO2S. The van der Waals surface area contributed by atoms with Gasteiger partial charge >= 0.3 is 5.97 Å². The lowest BCUT2D eigenvalue weighted by Gasteiger charge is -1.99. The fourth-order valence-corrected chi connectivity index (χ4v) is 2.65. The van der Waals surface area contributed by atoms with Crippen molar-refractivity contribution < 1.29 is 9.53 Å². The van der Waals surface area contributed by atoms with E-state index in [1.165, 1.54) is 11.8 Å². The van der Waals surface area contributed by atoms with E-state index in [1.807, 2.05) is 47.9 Å². The Morgan fingerprint density at radius 3 is 2.42 bits per heavy atom. The Hall–Kier alpha value is -1.71. The molecule has 0 aromatic heterocycles. The molecule has 0 spiro atoms. The molecule has 0 aliphatic carbocycles. The summed E-state index contributed by atoms with van der Waals surface area (Å²) in [6, 6.07) is 14.9.